The first kappa shape index (κ1) is 22.3. The van der Waals surface area contributed by atoms with E-state index in [4.69, 9.17) is 4.74 Å². The molecule has 0 fully saturated rings. The topological polar surface area (TPSA) is 106 Å². The predicted molar refractivity (Wildman–Crippen MR) is 123 cm³/mol. The van der Waals surface area contributed by atoms with Gasteiger partial charge in [0.05, 0.1) is 12.8 Å². The molecule has 0 radical (unpaired) electrons. The summed E-state index contributed by atoms with van der Waals surface area (Å²) in [6.45, 7) is 4.67. The van der Waals surface area contributed by atoms with Crippen LogP contribution in [-0.2, 0) is 13.6 Å². The van der Waals surface area contributed by atoms with Crippen LogP contribution in [0.3, 0.4) is 0 Å². The molecule has 3 rings (SSSR count). The summed E-state index contributed by atoms with van der Waals surface area (Å²) in [5, 5.41) is 4.46. The number of aromatic amines is 1. The van der Waals surface area contributed by atoms with Gasteiger partial charge in [0.15, 0.2) is 11.2 Å². The molecule has 0 spiro atoms. The number of H-pyrrole nitrogens is 1. The summed E-state index contributed by atoms with van der Waals surface area (Å²) >= 11 is 0. The Morgan fingerprint density at radius 1 is 1.16 bits per heavy atom. The van der Waals surface area contributed by atoms with E-state index in [9.17, 15) is 9.59 Å². The molecule has 1 aromatic carbocycles. The van der Waals surface area contributed by atoms with Gasteiger partial charge in [-0.1, -0.05) is 32.6 Å². The average Bonchev–Trinajstić information content (AvgIpc) is 3.15. The van der Waals surface area contributed by atoms with Crippen LogP contribution in [0.4, 0.5) is 5.95 Å². The van der Waals surface area contributed by atoms with Crippen molar-refractivity contribution in [1.82, 2.24) is 19.1 Å². The van der Waals surface area contributed by atoms with Gasteiger partial charge in [-0.25, -0.2) is 10.2 Å². The maximum Gasteiger partial charge on any atom is 0.329 e. The number of hydrogen-bond donors (Lipinski definition) is 2. The van der Waals surface area contributed by atoms with E-state index in [-0.39, 0.29) is 0 Å². The third-order valence-corrected chi connectivity index (χ3v) is 5.32. The zero-order valence-corrected chi connectivity index (χ0v) is 18.6. The Hall–Kier alpha value is -3.36. The van der Waals surface area contributed by atoms with Gasteiger partial charge in [-0.15, -0.1) is 0 Å². The van der Waals surface area contributed by atoms with Crippen molar-refractivity contribution in [3.8, 4) is 5.75 Å². The summed E-state index contributed by atoms with van der Waals surface area (Å²) in [4.78, 5) is 31.4. The van der Waals surface area contributed by atoms with Gasteiger partial charge < -0.3 is 9.30 Å². The first-order chi connectivity index (χ1) is 15.0. The van der Waals surface area contributed by atoms with E-state index in [2.05, 4.69) is 27.4 Å². The van der Waals surface area contributed by atoms with Gasteiger partial charge in [0.1, 0.15) is 5.75 Å². The van der Waals surface area contributed by atoms with Crippen LogP contribution in [0, 0.1) is 0 Å². The lowest BCUT2D eigenvalue weighted by Crippen LogP contribution is -2.29. The Balaban J connectivity index is 1.92. The van der Waals surface area contributed by atoms with Gasteiger partial charge in [0, 0.05) is 13.6 Å². The second-order valence-corrected chi connectivity index (χ2v) is 7.53. The molecule has 0 aliphatic carbocycles. The molecule has 2 heterocycles. The van der Waals surface area contributed by atoms with Crippen LogP contribution in [0.1, 0.15) is 51.5 Å². The highest BCUT2D eigenvalue weighted by atomic mass is 16.5. The van der Waals surface area contributed by atoms with Gasteiger partial charge in [-0.3, -0.25) is 14.3 Å². The zero-order chi connectivity index (χ0) is 22.4. The Morgan fingerprint density at radius 2 is 1.87 bits per heavy atom. The summed E-state index contributed by atoms with van der Waals surface area (Å²) in [7, 11) is 3.22. The maximum absolute atomic E-state index is 12.5. The molecule has 0 saturated heterocycles. The van der Waals surface area contributed by atoms with E-state index in [1.165, 1.54) is 17.4 Å². The summed E-state index contributed by atoms with van der Waals surface area (Å²) < 4.78 is 8.35. The highest BCUT2D eigenvalue weighted by Gasteiger charge is 2.17. The first-order valence-electron chi connectivity index (χ1n) is 10.6. The molecule has 0 bridgehead atoms. The van der Waals surface area contributed by atoms with Crippen LogP contribution in [-0.4, -0.2) is 31.9 Å². The molecule has 2 aromatic heterocycles. The standard InChI is InChI=1S/C22H30N6O3/c1-5-6-7-8-9-14-28-18-19(27(3)22(30)24-20(18)29)23-21(28)26-25-15(2)16-10-12-17(31-4)13-11-16/h10-13H,5-9,14H2,1-4H3,(H,23,26)(H,24,29,30)/b25-15-. The van der Waals surface area contributed by atoms with E-state index < -0.39 is 11.2 Å². The number of rotatable bonds is 10. The maximum atomic E-state index is 12.5. The van der Waals surface area contributed by atoms with Gasteiger partial charge in [0.25, 0.3) is 5.56 Å². The molecule has 0 aliphatic rings. The zero-order valence-electron chi connectivity index (χ0n) is 18.6. The molecule has 3 aromatic rings. The van der Waals surface area contributed by atoms with E-state index in [1.807, 2.05) is 35.8 Å². The smallest absolute Gasteiger partial charge is 0.329 e. The quantitative estimate of drug-likeness (QED) is 0.294. The van der Waals surface area contributed by atoms with Crippen LogP contribution in [0.5, 0.6) is 5.75 Å². The van der Waals surface area contributed by atoms with Gasteiger partial charge in [-0.05, 0) is 43.2 Å². The lowest BCUT2D eigenvalue weighted by molar-refractivity contribution is 0.415. The number of ether oxygens (including phenoxy) is 1. The fraction of sp³-hybridized carbons (Fsp3) is 0.455. The molecule has 9 nitrogen and oxygen atoms in total. The molecular weight excluding hydrogens is 396 g/mol. The molecule has 31 heavy (non-hydrogen) atoms. The first-order valence-corrected chi connectivity index (χ1v) is 10.6. The number of methoxy groups -OCH3 is 1. The summed E-state index contributed by atoms with van der Waals surface area (Å²) in [5.74, 6) is 1.21. The molecule has 0 atom stereocenters. The van der Waals surface area contributed by atoms with E-state index in [1.54, 1.807) is 14.2 Å². The predicted octanol–water partition coefficient (Wildman–Crippen LogP) is 3.24. The number of hydrazone groups is 1. The number of aryl methyl sites for hydroxylation is 2. The SMILES string of the molecule is CCCCCCCn1c(N/N=C(/C)c2ccc(OC)cc2)nc2c1c(=O)[nH]c(=O)n2C. The van der Waals surface area contributed by atoms with Crippen LogP contribution >= 0.6 is 0 Å². The second kappa shape index (κ2) is 10.1. The lowest BCUT2D eigenvalue weighted by Gasteiger charge is -2.09. The van der Waals surface area contributed by atoms with Crippen LogP contribution < -0.4 is 21.4 Å². The number of nitrogens with one attached hydrogen (secondary N) is 2. The number of fused-ring (bicyclic) bond motifs is 1. The van der Waals surface area contributed by atoms with Gasteiger partial charge in [-0.2, -0.15) is 10.1 Å². The minimum absolute atomic E-state index is 0.335. The van der Waals surface area contributed by atoms with Crippen molar-refractivity contribution >= 4 is 22.8 Å². The molecular formula is C22H30N6O3. The largest absolute Gasteiger partial charge is 0.497 e. The number of imidazole rings is 1. The van der Waals surface area contributed by atoms with E-state index >= 15 is 0 Å². The van der Waals surface area contributed by atoms with Crippen molar-refractivity contribution in [3.63, 3.8) is 0 Å². The molecule has 0 unspecified atom stereocenters. The molecule has 166 valence electrons. The van der Waals surface area contributed by atoms with E-state index in [0.717, 1.165) is 36.3 Å². The Kier molecular flexibility index (Phi) is 7.28. The molecule has 0 amide bonds. The van der Waals surface area contributed by atoms with Gasteiger partial charge in [0.2, 0.25) is 5.95 Å². The highest BCUT2D eigenvalue weighted by Crippen LogP contribution is 2.18. The monoisotopic (exact) mass is 426 g/mol. The second-order valence-electron chi connectivity index (χ2n) is 7.53. The average molecular weight is 427 g/mol. The summed E-state index contributed by atoms with van der Waals surface area (Å²) in [6, 6.07) is 7.58. The van der Waals surface area contributed by atoms with Crippen molar-refractivity contribution < 1.29 is 4.74 Å². The third-order valence-electron chi connectivity index (χ3n) is 5.32. The van der Waals surface area contributed by atoms with Crippen LogP contribution in [0.2, 0.25) is 0 Å². The summed E-state index contributed by atoms with van der Waals surface area (Å²) in [6.07, 6.45) is 5.47. The van der Waals surface area contributed by atoms with Crippen molar-refractivity contribution in [3.05, 3.63) is 50.7 Å². The fourth-order valence-electron chi connectivity index (χ4n) is 3.44. The fourth-order valence-corrected chi connectivity index (χ4v) is 3.44. The van der Waals surface area contributed by atoms with Crippen molar-refractivity contribution in [2.24, 2.45) is 12.1 Å². The van der Waals surface area contributed by atoms with Crippen molar-refractivity contribution in [2.45, 2.75) is 52.5 Å². The number of aromatic nitrogens is 4. The number of anilines is 1. The Morgan fingerprint density at radius 3 is 2.55 bits per heavy atom. The minimum Gasteiger partial charge on any atom is -0.497 e. The van der Waals surface area contributed by atoms with Gasteiger partial charge >= 0.3 is 5.69 Å². The third kappa shape index (κ3) is 5.04. The van der Waals surface area contributed by atoms with E-state index in [0.29, 0.717) is 23.7 Å². The Bertz CT molecular complexity index is 1170. The highest BCUT2D eigenvalue weighted by molar-refractivity contribution is 5.99. The number of unbranched alkanes of at least 4 members (excludes halogenated alkanes) is 4. The van der Waals surface area contributed by atoms with Crippen molar-refractivity contribution in [2.75, 3.05) is 12.5 Å². The van der Waals surface area contributed by atoms with Crippen LogP contribution in [0.15, 0.2) is 39.0 Å². The number of hydrogen-bond acceptors (Lipinski definition) is 6. The number of benzene rings is 1. The molecule has 9 heteroatoms. The van der Waals surface area contributed by atoms with Crippen LogP contribution in [0.25, 0.3) is 11.2 Å². The molecule has 0 aliphatic heterocycles. The lowest BCUT2D eigenvalue weighted by atomic mass is 10.1. The summed E-state index contributed by atoms with van der Waals surface area (Å²) in [5.41, 5.74) is 4.46. The minimum atomic E-state index is -0.491. The normalized spacial score (nSPS) is 11.8. The Labute approximate surface area is 180 Å². The number of nitrogens with zero attached hydrogens (tertiary/aromatic N) is 4. The molecule has 2 N–H and O–H groups in total. The van der Waals surface area contributed by atoms with Crippen molar-refractivity contribution in [1.29, 1.82) is 0 Å². The molecule has 0 saturated carbocycles.